The number of hydrogen-bond donors (Lipinski definition) is 2. The minimum absolute atomic E-state index is 0.0616. The van der Waals surface area contributed by atoms with Crippen molar-refractivity contribution < 1.29 is 14.3 Å². The average molecular weight is 391 g/mol. The Labute approximate surface area is 149 Å². The van der Waals surface area contributed by atoms with Gasteiger partial charge >= 0.3 is 0 Å². The number of ether oxygens (including phenoxy) is 1. The SMILES string of the molecule is CC(C)Oc1cc(Br)ccc1C(=O)Nc1ccccc1CC(N)=O. The maximum Gasteiger partial charge on any atom is 0.259 e. The molecule has 6 heteroatoms. The predicted molar refractivity (Wildman–Crippen MR) is 97.2 cm³/mol. The summed E-state index contributed by atoms with van der Waals surface area (Å²) in [6.07, 6.45) is -0.000390. The van der Waals surface area contributed by atoms with Crippen molar-refractivity contribution >= 4 is 33.4 Å². The van der Waals surface area contributed by atoms with Crippen molar-refractivity contribution in [2.24, 2.45) is 5.73 Å². The number of carbonyl (C=O) groups is 2. The normalized spacial score (nSPS) is 10.5. The van der Waals surface area contributed by atoms with Gasteiger partial charge in [-0.25, -0.2) is 0 Å². The number of rotatable bonds is 6. The van der Waals surface area contributed by atoms with Crippen LogP contribution in [0.1, 0.15) is 29.8 Å². The number of primary amides is 1. The number of carbonyl (C=O) groups excluding carboxylic acids is 2. The summed E-state index contributed by atoms with van der Waals surface area (Å²) in [5, 5.41) is 2.82. The lowest BCUT2D eigenvalue weighted by Gasteiger charge is -2.15. The van der Waals surface area contributed by atoms with Gasteiger partial charge in [-0.1, -0.05) is 34.1 Å². The van der Waals surface area contributed by atoms with Crippen LogP contribution in [0.2, 0.25) is 0 Å². The van der Waals surface area contributed by atoms with E-state index in [2.05, 4.69) is 21.2 Å². The summed E-state index contributed by atoms with van der Waals surface area (Å²) in [4.78, 5) is 23.8. The molecule has 0 atom stereocenters. The fourth-order valence-corrected chi connectivity index (χ4v) is 2.55. The standard InChI is InChI=1S/C18H19BrN2O3/c1-11(2)24-16-10-13(19)7-8-14(16)18(23)21-15-6-4-3-5-12(15)9-17(20)22/h3-8,10-11H,9H2,1-2H3,(H2,20,22)(H,21,23). The maximum absolute atomic E-state index is 12.6. The molecule has 3 N–H and O–H groups in total. The Hall–Kier alpha value is -2.34. The number of nitrogens with two attached hydrogens (primary N) is 1. The molecular formula is C18H19BrN2O3. The number of anilines is 1. The molecule has 24 heavy (non-hydrogen) atoms. The Morgan fingerprint density at radius 3 is 2.58 bits per heavy atom. The van der Waals surface area contributed by atoms with Crippen molar-refractivity contribution in [2.45, 2.75) is 26.4 Å². The van der Waals surface area contributed by atoms with Crippen LogP contribution in [0.4, 0.5) is 5.69 Å². The minimum atomic E-state index is -0.454. The molecule has 0 aromatic heterocycles. The second-order valence-electron chi connectivity index (χ2n) is 5.56. The van der Waals surface area contributed by atoms with Crippen molar-refractivity contribution in [3.05, 3.63) is 58.1 Å². The molecule has 2 rings (SSSR count). The minimum Gasteiger partial charge on any atom is -0.490 e. The van der Waals surface area contributed by atoms with Gasteiger partial charge < -0.3 is 15.8 Å². The number of amides is 2. The van der Waals surface area contributed by atoms with E-state index >= 15 is 0 Å². The molecule has 126 valence electrons. The second kappa shape index (κ2) is 7.97. The molecule has 2 aromatic rings. The van der Waals surface area contributed by atoms with Gasteiger partial charge in [0.15, 0.2) is 0 Å². The van der Waals surface area contributed by atoms with Crippen LogP contribution in [0.25, 0.3) is 0 Å². The lowest BCUT2D eigenvalue weighted by Crippen LogP contribution is -2.19. The molecule has 0 saturated heterocycles. The fraction of sp³-hybridized carbons (Fsp3) is 0.222. The summed E-state index contributed by atoms with van der Waals surface area (Å²) < 4.78 is 6.54. The average Bonchev–Trinajstić information content (AvgIpc) is 2.48. The van der Waals surface area contributed by atoms with Crippen LogP contribution in [-0.2, 0) is 11.2 Å². The highest BCUT2D eigenvalue weighted by Gasteiger charge is 2.16. The Balaban J connectivity index is 2.29. The molecular weight excluding hydrogens is 372 g/mol. The molecule has 0 unspecified atom stereocenters. The number of nitrogens with one attached hydrogen (secondary N) is 1. The van der Waals surface area contributed by atoms with Crippen LogP contribution >= 0.6 is 15.9 Å². The Morgan fingerprint density at radius 1 is 1.21 bits per heavy atom. The fourth-order valence-electron chi connectivity index (χ4n) is 2.21. The topological polar surface area (TPSA) is 81.4 Å². The molecule has 0 bridgehead atoms. The Morgan fingerprint density at radius 2 is 1.92 bits per heavy atom. The Bertz CT molecular complexity index is 760. The lowest BCUT2D eigenvalue weighted by atomic mass is 10.1. The first kappa shape index (κ1) is 18.0. The van der Waals surface area contributed by atoms with Gasteiger partial charge in [0, 0.05) is 10.2 Å². The first-order valence-corrected chi connectivity index (χ1v) is 8.30. The van der Waals surface area contributed by atoms with E-state index in [1.807, 2.05) is 13.8 Å². The van der Waals surface area contributed by atoms with E-state index in [0.29, 0.717) is 22.6 Å². The third-order valence-corrected chi connectivity index (χ3v) is 3.67. The van der Waals surface area contributed by atoms with Crippen molar-refractivity contribution in [1.82, 2.24) is 0 Å². The van der Waals surface area contributed by atoms with E-state index in [9.17, 15) is 9.59 Å². The first-order chi connectivity index (χ1) is 11.4. The third-order valence-electron chi connectivity index (χ3n) is 3.18. The number of para-hydroxylation sites is 1. The van der Waals surface area contributed by atoms with E-state index in [1.165, 1.54) is 0 Å². The number of benzene rings is 2. The molecule has 0 fully saturated rings. The highest BCUT2D eigenvalue weighted by molar-refractivity contribution is 9.10. The summed E-state index contributed by atoms with van der Waals surface area (Å²) >= 11 is 3.38. The van der Waals surface area contributed by atoms with Gasteiger partial charge in [0.25, 0.3) is 5.91 Å². The van der Waals surface area contributed by atoms with Crippen LogP contribution in [0.15, 0.2) is 46.9 Å². The number of halogens is 1. The lowest BCUT2D eigenvalue weighted by molar-refractivity contribution is -0.117. The molecule has 2 amide bonds. The highest BCUT2D eigenvalue weighted by Crippen LogP contribution is 2.26. The van der Waals surface area contributed by atoms with Gasteiger partial charge in [-0.3, -0.25) is 9.59 Å². The van der Waals surface area contributed by atoms with Gasteiger partial charge in [0.1, 0.15) is 5.75 Å². The first-order valence-electron chi connectivity index (χ1n) is 7.50. The summed E-state index contributed by atoms with van der Waals surface area (Å²) in [5.74, 6) is -0.275. The summed E-state index contributed by atoms with van der Waals surface area (Å²) in [6.45, 7) is 3.79. The molecule has 0 saturated carbocycles. The van der Waals surface area contributed by atoms with Crippen molar-refractivity contribution in [2.75, 3.05) is 5.32 Å². The molecule has 2 aromatic carbocycles. The molecule has 0 aliphatic carbocycles. The van der Waals surface area contributed by atoms with Crippen molar-refractivity contribution in [3.63, 3.8) is 0 Å². The third kappa shape index (κ3) is 4.83. The van der Waals surface area contributed by atoms with Crippen LogP contribution in [0.3, 0.4) is 0 Å². The smallest absolute Gasteiger partial charge is 0.259 e. The van der Waals surface area contributed by atoms with Crippen molar-refractivity contribution in [1.29, 1.82) is 0 Å². The molecule has 0 heterocycles. The maximum atomic E-state index is 12.6. The van der Waals surface area contributed by atoms with Crippen molar-refractivity contribution in [3.8, 4) is 5.75 Å². The van der Waals surface area contributed by atoms with Gasteiger partial charge in [0.2, 0.25) is 5.91 Å². The predicted octanol–water partition coefficient (Wildman–Crippen LogP) is 3.52. The molecule has 0 aliphatic heterocycles. The van der Waals surface area contributed by atoms with Crippen LogP contribution < -0.4 is 15.8 Å². The number of hydrogen-bond acceptors (Lipinski definition) is 3. The van der Waals surface area contributed by atoms with E-state index in [1.54, 1.807) is 42.5 Å². The van der Waals surface area contributed by atoms with Crippen LogP contribution in [0, 0.1) is 0 Å². The van der Waals surface area contributed by atoms with Gasteiger partial charge in [-0.2, -0.15) is 0 Å². The molecule has 0 aliphatic rings. The quantitative estimate of drug-likeness (QED) is 0.791. The second-order valence-corrected chi connectivity index (χ2v) is 6.48. The Kier molecular flexibility index (Phi) is 5.98. The van der Waals surface area contributed by atoms with Gasteiger partial charge in [-0.05, 0) is 43.7 Å². The molecule has 0 spiro atoms. The summed E-state index contributed by atoms with van der Waals surface area (Å²) in [6, 6.07) is 12.3. The summed E-state index contributed by atoms with van der Waals surface area (Å²) in [7, 11) is 0. The zero-order valence-corrected chi connectivity index (χ0v) is 15.1. The van der Waals surface area contributed by atoms with Gasteiger partial charge in [-0.15, -0.1) is 0 Å². The van der Waals surface area contributed by atoms with E-state index in [0.717, 1.165) is 4.47 Å². The van der Waals surface area contributed by atoms with E-state index in [4.69, 9.17) is 10.5 Å². The zero-order chi connectivity index (χ0) is 17.7. The zero-order valence-electron chi connectivity index (χ0n) is 13.5. The highest BCUT2D eigenvalue weighted by atomic mass is 79.9. The van der Waals surface area contributed by atoms with Crippen LogP contribution in [0.5, 0.6) is 5.75 Å². The summed E-state index contributed by atoms with van der Waals surface area (Å²) in [5.41, 5.74) is 6.90. The van der Waals surface area contributed by atoms with Crippen LogP contribution in [-0.4, -0.2) is 17.9 Å². The van der Waals surface area contributed by atoms with E-state index in [-0.39, 0.29) is 18.4 Å². The largest absolute Gasteiger partial charge is 0.490 e. The molecule has 0 radical (unpaired) electrons. The molecule has 5 nitrogen and oxygen atoms in total. The van der Waals surface area contributed by atoms with Gasteiger partial charge in [0.05, 0.1) is 18.1 Å². The monoisotopic (exact) mass is 390 g/mol. The van der Waals surface area contributed by atoms with E-state index < -0.39 is 5.91 Å².